The van der Waals surface area contributed by atoms with E-state index in [1.165, 1.54) is 5.56 Å². The average Bonchev–Trinajstić information content (AvgIpc) is 2.88. The van der Waals surface area contributed by atoms with Crippen LogP contribution in [0.4, 0.5) is 0 Å². The lowest BCUT2D eigenvalue weighted by Crippen LogP contribution is -2.01. The molecule has 0 bridgehead atoms. The summed E-state index contributed by atoms with van der Waals surface area (Å²) in [5.74, 6) is 1.54. The zero-order chi connectivity index (χ0) is 15.4. The Balaban J connectivity index is 2.40. The van der Waals surface area contributed by atoms with Gasteiger partial charge in [-0.05, 0) is 64.5 Å². The summed E-state index contributed by atoms with van der Waals surface area (Å²) in [6.07, 6.45) is 0. The molecule has 0 N–H and O–H groups in total. The summed E-state index contributed by atoms with van der Waals surface area (Å²) in [6.45, 7) is 5.16. The van der Waals surface area contributed by atoms with Crippen molar-refractivity contribution in [1.29, 1.82) is 0 Å². The highest BCUT2D eigenvalue weighted by molar-refractivity contribution is 9.11. The first-order valence-electron chi connectivity index (χ1n) is 6.53. The highest BCUT2D eigenvalue weighted by atomic mass is 79.9. The van der Waals surface area contributed by atoms with Crippen LogP contribution < -0.4 is 9.47 Å². The molecule has 21 heavy (non-hydrogen) atoms. The van der Waals surface area contributed by atoms with E-state index < -0.39 is 0 Å². The normalized spacial score (nSPS) is 12.2. The van der Waals surface area contributed by atoms with Crippen LogP contribution in [-0.4, -0.2) is 13.2 Å². The van der Waals surface area contributed by atoms with Crippen LogP contribution in [0.25, 0.3) is 0 Å². The highest BCUT2D eigenvalue weighted by Crippen LogP contribution is 2.43. The van der Waals surface area contributed by atoms with Crippen LogP contribution in [0.3, 0.4) is 0 Å². The van der Waals surface area contributed by atoms with Gasteiger partial charge in [0.2, 0.25) is 0 Å². The number of rotatable bonds is 6. The summed E-state index contributed by atoms with van der Waals surface area (Å²) in [5, 5.41) is 2.13. The Hall–Kier alpha value is -0.0400. The predicted octanol–water partition coefficient (Wildman–Crippen LogP) is 6.55. The molecule has 0 radical (unpaired) electrons. The molecule has 0 fully saturated rings. The molecule has 0 spiro atoms. The molecule has 0 aliphatic heterocycles. The molecule has 0 saturated heterocycles. The second kappa shape index (κ2) is 7.99. The topological polar surface area (TPSA) is 18.5 Å². The van der Waals surface area contributed by atoms with Crippen molar-refractivity contribution >= 4 is 59.1 Å². The summed E-state index contributed by atoms with van der Waals surface area (Å²) in [7, 11) is 0. The van der Waals surface area contributed by atoms with E-state index in [0.29, 0.717) is 13.2 Å². The Labute approximate surface area is 154 Å². The van der Waals surface area contributed by atoms with E-state index >= 15 is 0 Å². The van der Waals surface area contributed by atoms with E-state index in [1.807, 2.05) is 26.0 Å². The van der Waals surface area contributed by atoms with Crippen molar-refractivity contribution in [2.45, 2.75) is 18.7 Å². The van der Waals surface area contributed by atoms with Crippen LogP contribution in [-0.2, 0) is 0 Å². The van der Waals surface area contributed by atoms with E-state index in [-0.39, 0.29) is 4.83 Å². The molecule has 2 nitrogen and oxygen atoms in total. The second-order valence-corrected chi connectivity index (χ2v) is 8.29. The van der Waals surface area contributed by atoms with E-state index in [9.17, 15) is 0 Å². The Morgan fingerprint density at radius 3 is 2.19 bits per heavy atom. The summed E-state index contributed by atoms with van der Waals surface area (Å²) in [5.41, 5.74) is 2.33. The molecule has 114 valence electrons. The molecule has 0 amide bonds. The van der Waals surface area contributed by atoms with Crippen molar-refractivity contribution in [2.75, 3.05) is 13.2 Å². The minimum atomic E-state index is 0.101. The van der Waals surface area contributed by atoms with Crippen molar-refractivity contribution in [2.24, 2.45) is 0 Å². The number of alkyl halides is 1. The van der Waals surface area contributed by atoms with Crippen LogP contribution in [0, 0.1) is 0 Å². The molecule has 6 heteroatoms. The third-order valence-electron chi connectivity index (χ3n) is 2.82. The average molecular weight is 499 g/mol. The molecule has 1 aromatic heterocycles. The molecule has 1 aromatic carbocycles. The number of halogens is 3. The van der Waals surface area contributed by atoms with Crippen molar-refractivity contribution in [3.05, 3.63) is 43.0 Å². The monoisotopic (exact) mass is 496 g/mol. The number of benzene rings is 1. The summed E-state index contributed by atoms with van der Waals surface area (Å²) in [6, 6.07) is 6.12. The van der Waals surface area contributed by atoms with Crippen molar-refractivity contribution in [1.82, 2.24) is 0 Å². The molecule has 0 aliphatic rings. The van der Waals surface area contributed by atoms with E-state index in [4.69, 9.17) is 9.47 Å². The van der Waals surface area contributed by atoms with Crippen molar-refractivity contribution in [3.8, 4) is 11.5 Å². The van der Waals surface area contributed by atoms with Gasteiger partial charge in [0.15, 0.2) is 11.5 Å². The number of thiophene rings is 1. The van der Waals surface area contributed by atoms with E-state index in [1.54, 1.807) is 11.3 Å². The first kappa shape index (κ1) is 17.3. The van der Waals surface area contributed by atoms with Gasteiger partial charge in [-0.25, -0.2) is 0 Å². The summed E-state index contributed by atoms with van der Waals surface area (Å²) >= 11 is 12.6. The molecule has 0 saturated carbocycles. The van der Waals surface area contributed by atoms with Gasteiger partial charge in [0.25, 0.3) is 0 Å². The minimum Gasteiger partial charge on any atom is -0.490 e. The number of ether oxygens (including phenoxy) is 2. The maximum absolute atomic E-state index is 5.70. The Morgan fingerprint density at radius 1 is 1.05 bits per heavy atom. The van der Waals surface area contributed by atoms with Gasteiger partial charge >= 0.3 is 0 Å². The van der Waals surface area contributed by atoms with Gasteiger partial charge in [0, 0.05) is 4.47 Å². The first-order valence-corrected chi connectivity index (χ1v) is 9.92. The molecule has 0 aliphatic carbocycles. The lowest BCUT2D eigenvalue weighted by Gasteiger charge is -2.17. The van der Waals surface area contributed by atoms with Crippen molar-refractivity contribution in [3.63, 3.8) is 0 Å². The second-order valence-electron chi connectivity index (χ2n) is 4.23. The SMILES string of the molecule is CCOc1cc(Br)c(C(Br)c2csc(Br)c2)cc1OCC. The van der Waals surface area contributed by atoms with Gasteiger partial charge in [0.1, 0.15) is 0 Å². The Morgan fingerprint density at radius 2 is 1.67 bits per heavy atom. The lowest BCUT2D eigenvalue weighted by atomic mass is 10.1. The lowest BCUT2D eigenvalue weighted by molar-refractivity contribution is 0.287. The molecule has 1 atom stereocenters. The molecule has 2 rings (SSSR count). The zero-order valence-electron chi connectivity index (χ0n) is 11.7. The Bertz CT molecular complexity index is 613. The highest BCUT2D eigenvalue weighted by Gasteiger charge is 2.19. The fourth-order valence-electron chi connectivity index (χ4n) is 1.92. The standard InChI is InChI=1S/C15H15Br3O2S/c1-3-19-12-6-10(11(16)7-13(12)20-4-2)15(18)9-5-14(17)21-8-9/h5-8,15H,3-4H2,1-2H3. The van der Waals surface area contributed by atoms with Gasteiger partial charge in [-0.15, -0.1) is 11.3 Å². The number of hydrogen-bond donors (Lipinski definition) is 0. The van der Waals surface area contributed by atoms with Gasteiger partial charge in [-0.1, -0.05) is 31.9 Å². The maximum Gasteiger partial charge on any atom is 0.162 e. The predicted molar refractivity (Wildman–Crippen MR) is 99.3 cm³/mol. The maximum atomic E-state index is 5.70. The molecule has 2 aromatic rings. The first-order chi connectivity index (χ1) is 10.1. The van der Waals surface area contributed by atoms with Gasteiger partial charge in [0.05, 0.1) is 21.8 Å². The van der Waals surface area contributed by atoms with Gasteiger partial charge in [-0.3, -0.25) is 0 Å². The molecular weight excluding hydrogens is 484 g/mol. The van der Waals surface area contributed by atoms with Crippen LogP contribution in [0.15, 0.2) is 31.8 Å². The fraction of sp³-hybridized carbons (Fsp3) is 0.333. The molecule has 1 unspecified atom stereocenters. The minimum absolute atomic E-state index is 0.101. The van der Waals surface area contributed by atoms with E-state index in [0.717, 1.165) is 25.3 Å². The van der Waals surface area contributed by atoms with Crippen LogP contribution in [0.5, 0.6) is 11.5 Å². The Kier molecular flexibility index (Phi) is 6.59. The fourth-order valence-corrected chi connectivity index (χ4v) is 4.80. The van der Waals surface area contributed by atoms with E-state index in [2.05, 4.69) is 59.2 Å². The summed E-state index contributed by atoms with van der Waals surface area (Å²) in [4.78, 5) is 0.101. The van der Waals surface area contributed by atoms with Crippen molar-refractivity contribution < 1.29 is 9.47 Å². The number of hydrogen-bond acceptors (Lipinski definition) is 3. The third kappa shape index (κ3) is 4.24. The van der Waals surface area contributed by atoms with Crippen LogP contribution in [0.1, 0.15) is 29.8 Å². The third-order valence-corrected chi connectivity index (χ3v) is 6.05. The van der Waals surface area contributed by atoms with Gasteiger partial charge < -0.3 is 9.47 Å². The quantitative estimate of drug-likeness (QED) is 0.420. The summed E-state index contributed by atoms with van der Waals surface area (Å²) < 4.78 is 13.5. The largest absolute Gasteiger partial charge is 0.490 e. The van der Waals surface area contributed by atoms with Crippen LogP contribution >= 0.6 is 59.1 Å². The zero-order valence-corrected chi connectivity index (χ0v) is 17.2. The van der Waals surface area contributed by atoms with Gasteiger partial charge in [-0.2, -0.15) is 0 Å². The molecular formula is C15H15Br3O2S. The molecule has 1 heterocycles. The smallest absolute Gasteiger partial charge is 0.162 e. The van der Waals surface area contributed by atoms with Crippen LogP contribution in [0.2, 0.25) is 0 Å².